The molecule has 0 amide bonds. The zero-order chi connectivity index (χ0) is 20.9. The number of unbranched alkanes of at least 4 members (excludes halogenated alkanes) is 2. The lowest BCUT2D eigenvalue weighted by atomic mass is 10.0. The Morgan fingerprint density at radius 3 is 2.69 bits per heavy atom. The van der Waals surface area contributed by atoms with Gasteiger partial charge in [0.1, 0.15) is 5.75 Å². The molecule has 0 saturated carbocycles. The summed E-state index contributed by atoms with van der Waals surface area (Å²) in [5, 5.41) is 0.312. The highest BCUT2D eigenvalue weighted by atomic mass is 32.1. The third kappa shape index (κ3) is 5.47. The van der Waals surface area contributed by atoms with Gasteiger partial charge in [0, 0.05) is 18.8 Å². The van der Waals surface area contributed by atoms with Crippen LogP contribution in [0, 0.1) is 0 Å². The maximum Gasteiger partial charge on any atom is 0.419 e. The zero-order valence-corrected chi connectivity index (χ0v) is 16.8. The molecule has 0 unspecified atom stereocenters. The first-order chi connectivity index (χ1) is 13.9. The first-order valence-electron chi connectivity index (χ1n) is 9.37. The van der Waals surface area contributed by atoms with Gasteiger partial charge in [0.05, 0.1) is 22.7 Å². The molecule has 2 heterocycles. The van der Waals surface area contributed by atoms with E-state index >= 15 is 0 Å². The van der Waals surface area contributed by atoms with Crippen molar-refractivity contribution in [1.29, 1.82) is 0 Å². The highest BCUT2D eigenvalue weighted by Crippen LogP contribution is 2.41. The molecule has 0 atom stereocenters. The molecule has 3 aromatic rings. The molecular weight excluding hydrogens is 399 g/mol. The van der Waals surface area contributed by atoms with Crippen molar-refractivity contribution >= 4 is 16.5 Å². The van der Waals surface area contributed by atoms with E-state index in [2.05, 4.69) is 9.97 Å². The topological polar surface area (TPSA) is 61.0 Å². The zero-order valence-electron chi connectivity index (χ0n) is 16.0. The Labute approximate surface area is 171 Å². The highest BCUT2D eigenvalue weighted by Gasteiger charge is 2.35. The van der Waals surface area contributed by atoms with Gasteiger partial charge >= 0.3 is 6.18 Å². The minimum absolute atomic E-state index is 0.149. The summed E-state index contributed by atoms with van der Waals surface area (Å²) in [7, 11) is 0. The number of anilines is 1. The molecule has 8 heteroatoms. The van der Waals surface area contributed by atoms with Crippen molar-refractivity contribution in [2.24, 2.45) is 0 Å². The number of benzene rings is 1. The SMILES string of the molecule is CCCCCOc1ccc(-c2sc(N)nc2Cc2cccnc2)cc1C(F)(F)F. The van der Waals surface area contributed by atoms with E-state index in [0.717, 1.165) is 30.9 Å². The standard InChI is InChI=1S/C21H22F3N3OS/c1-2-3-4-10-28-18-8-7-15(12-16(18)21(22,23)24)19-17(27-20(25)29-19)11-14-6-5-9-26-13-14/h5-9,12-13H,2-4,10-11H2,1H3,(H2,25,27). The summed E-state index contributed by atoms with van der Waals surface area (Å²) in [6.07, 6.45) is 1.89. The summed E-state index contributed by atoms with van der Waals surface area (Å²) in [6, 6.07) is 7.82. The Morgan fingerprint density at radius 1 is 1.17 bits per heavy atom. The Morgan fingerprint density at radius 2 is 2.00 bits per heavy atom. The molecule has 2 N–H and O–H groups in total. The number of thiazole rings is 1. The molecular formula is C21H22F3N3OS. The maximum atomic E-state index is 13.6. The van der Waals surface area contributed by atoms with E-state index in [0.29, 0.717) is 27.7 Å². The molecule has 29 heavy (non-hydrogen) atoms. The lowest BCUT2D eigenvalue weighted by Gasteiger charge is -2.15. The van der Waals surface area contributed by atoms with Crippen LogP contribution in [0.15, 0.2) is 42.7 Å². The number of rotatable bonds is 8. The van der Waals surface area contributed by atoms with Crippen LogP contribution in [-0.4, -0.2) is 16.6 Å². The second-order valence-corrected chi connectivity index (χ2v) is 7.66. The number of nitrogens with two attached hydrogens (primary N) is 1. The van der Waals surface area contributed by atoms with Gasteiger partial charge in [-0.25, -0.2) is 4.98 Å². The van der Waals surface area contributed by atoms with Gasteiger partial charge in [0.25, 0.3) is 0 Å². The minimum Gasteiger partial charge on any atom is -0.493 e. The lowest BCUT2D eigenvalue weighted by Crippen LogP contribution is -2.09. The largest absolute Gasteiger partial charge is 0.493 e. The second kappa shape index (κ2) is 9.26. The van der Waals surface area contributed by atoms with E-state index in [4.69, 9.17) is 10.5 Å². The number of alkyl halides is 3. The van der Waals surface area contributed by atoms with Crippen molar-refractivity contribution in [1.82, 2.24) is 9.97 Å². The van der Waals surface area contributed by atoms with Gasteiger partial charge in [0.15, 0.2) is 5.13 Å². The third-order valence-corrected chi connectivity index (χ3v) is 5.34. The smallest absolute Gasteiger partial charge is 0.419 e. The Hall–Kier alpha value is -2.61. The Bertz CT molecular complexity index is 942. The number of pyridine rings is 1. The van der Waals surface area contributed by atoms with Gasteiger partial charge in [-0.1, -0.05) is 37.2 Å². The van der Waals surface area contributed by atoms with Crippen LogP contribution in [-0.2, 0) is 12.6 Å². The monoisotopic (exact) mass is 421 g/mol. The molecule has 0 saturated heterocycles. The second-order valence-electron chi connectivity index (χ2n) is 6.63. The third-order valence-electron chi connectivity index (χ3n) is 4.36. The molecule has 154 valence electrons. The average Bonchev–Trinajstić information content (AvgIpc) is 3.05. The van der Waals surface area contributed by atoms with Crippen molar-refractivity contribution in [3.63, 3.8) is 0 Å². The van der Waals surface area contributed by atoms with Gasteiger partial charge in [-0.05, 0) is 41.8 Å². The van der Waals surface area contributed by atoms with Crippen LogP contribution in [0.4, 0.5) is 18.3 Å². The Kier molecular flexibility index (Phi) is 6.74. The van der Waals surface area contributed by atoms with Gasteiger partial charge < -0.3 is 10.5 Å². The number of hydrogen-bond donors (Lipinski definition) is 1. The lowest BCUT2D eigenvalue weighted by molar-refractivity contribution is -0.138. The molecule has 4 nitrogen and oxygen atoms in total. The fourth-order valence-corrected chi connectivity index (χ4v) is 3.81. The van der Waals surface area contributed by atoms with E-state index in [9.17, 15) is 13.2 Å². The minimum atomic E-state index is -4.52. The van der Waals surface area contributed by atoms with Crippen molar-refractivity contribution in [2.45, 2.75) is 38.8 Å². The molecule has 0 aliphatic carbocycles. The van der Waals surface area contributed by atoms with Crippen LogP contribution in [0.25, 0.3) is 10.4 Å². The number of nitrogens with zero attached hydrogens (tertiary/aromatic N) is 2. The summed E-state index contributed by atoms with van der Waals surface area (Å²) in [5.74, 6) is -0.149. The van der Waals surface area contributed by atoms with Gasteiger partial charge in [-0.2, -0.15) is 13.2 Å². The first kappa shape index (κ1) is 21.1. The molecule has 0 aliphatic rings. The van der Waals surface area contributed by atoms with Crippen molar-refractivity contribution in [3.8, 4) is 16.2 Å². The number of aromatic nitrogens is 2. The highest BCUT2D eigenvalue weighted by molar-refractivity contribution is 7.18. The summed E-state index contributed by atoms with van der Waals surface area (Å²) in [4.78, 5) is 9.01. The predicted molar refractivity (Wildman–Crippen MR) is 109 cm³/mol. The molecule has 0 spiro atoms. The summed E-state index contributed by atoms with van der Waals surface area (Å²) in [5.41, 5.74) is 7.04. The van der Waals surface area contributed by atoms with Gasteiger partial charge in [-0.15, -0.1) is 0 Å². The fraction of sp³-hybridized carbons (Fsp3) is 0.333. The van der Waals surface area contributed by atoms with E-state index < -0.39 is 11.7 Å². The van der Waals surface area contributed by atoms with Crippen molar-refractivity contribution in [2.75, 3.05) is 12.3 Å². The van der Waals surface area contributed by atoms with Crippen molar-refractivity contribution < 1.29 is 17.9 Å². The summed E-state index contributed by atoms with van der Waals surface area (Å²) in [6.45, 7) is 2.29. The summed E-state index contributed by atoms with van der Waals surface area (Å²) >= 11 is 1.17. The van der Waals surface area contributed by atoms with Crippen molar-refractivity contribution in [3.05, 3.63) is 59.5 Å². The van der Waals surface area contributed by atoms with E-state index in [1.807, 2.05) is 13.0 Å². The number of nitrogen functional groups attached to an aromatic ring is 1. The van der Waals surface area contributed by atoms with E-state index in [-0.39, 0.29) is 12.4 Å². The molecule has 0 aliphatic heterocycles. The average molecular weight is 421 g/mol. The molecule has 0 radical (unpaired) electrons. The molecule has 2 aromatic heterocycles. The number of hydrogen-bond acceptors (Lipinski definition) is 5. The van der Waals surface area contributed by atoms with E-state index in [1.54, 1.807) is 24.5 Å². The fourth-order valence-electron chi connectivity index (χ4n) is 2.96. The van der Waals surface area contributed by atoms with Crippen LogP contribution in [0.1, 0.15) is 43.0 Å². The van der Waals surface area contributed by atoms with Crippen LogP contribution in [0.3, 0.4) is 0 Å². The first-order valence-corrected chi connectivity index (χ1v) is 10.2. The predicted octanol–water partition coefficient (Wildman–Crippen LogP) is 5.97. The Balaban J connectivity index is 1.93. The number of ether oxygens (including phenoxy) is 1. The molecule has 1 aromatic carbocycles. The summed E-state index contributed by atoms with van der Waals surface area (Å²) < 4.78 is 46.4. The normalized spacial score (nSPS) is 11.6. The number of halogens is 3. The van der Waals surface area contributed by atoms with Crippen LogP contribution in [0.2, 0.25) is 0 Å². The maximum absolute atomic E-state index is 13.6. The van der Waals surface area contributed by atoms with Gasteiger partial charge in [-0.3, -0.25) is 4.98 Å². The van der Waals surface area contributed by atoms with E-state index in [1.165, 1.54) is 17.4 Å². The van der Waals surface area contributed by atoms with Crippen LogP contribution >= 0.6 is 11.3 Å². The molecule has 0 bridgehead atoms. The van der Waals surface area contributed by atoms with Crippen LogP contribution < -0.4 is 10.5 Å². The van der Waals surface area contributed by atoms with Gasteiger partial charge in [0.2, 0.25) is 0 Å². The molecule has 0 fully saturated rings. The quantitative estimate of drug-likeness (QED) is 0.456. The molecule has 3 rings (SSSR count). The van der Waals surface area contributed by atoms with Crippen LogP contribution in [0.5, 0.6) is 5.75 Å².